The third-order valence-corrected chi connectivity index (χ3v) is 12.8. The summed E-state index contributed by atoms with van der Waals surface area (Å²) in [5, 5.41) is 29.2. The monoisotopic (exact) mass is 1190 g/mol. The van der Waals surface area contributed by atoms with Crippen molar-refractivity contribution in [2.45, 2.75) is 37.5 Å². The van der Waals surface area contributed by atoms with Crippen molar-refractivity contribution in [3.63, 3.8) is 0 Å². The molecule has 0 aliphatic carbocycles. The third-order valence-electron chi connectivity index (χ3n) is 10.5. The zero-order chi connectivity index (χ0) is 54.1. The van der Waals surface area contributed by atoms with E-state index in [2.05, 4.69) is 43.0 Å². The van der Waals surface area contributed by atoms with Crippen LogP contribution >= 0.6 is 20.1 Å². The molecule has 22 nitrogen and oxygen atoms in total. The van der Waals surface area contributed by atoms with E-state index < -0.39 is 25.8 Å². The average molecular weight is 1190 g/mol. The Hall–Kier alpha value is -3.44. The number of likely N-dealkylation sites (tertiary alicyclic amines) is 1. The van der Waals surface area contributed by atoms with Crippen molar-refractivity contribution in [2.75, 3.05) is 150 Å². The molecule has 2 aromatic rings. The molecule has 1 radical (unpaired) electrons. The number of allylic oxidation sites excluding steroid dienone is 1. The Bertz CT molecular complexity index is 1970. The summed E-state index contributed by atoms with van der Waals surface area (Å²) >= 11 is 1.46. The smallest absolute Gasteiger partial charge is 0.290 e. The molecular weight excluding hydrogens is 1120 g/mol. The summed E-state index contributed by atoms with van der Waals surface area (Å²) in [6, 6.07) is 9.32. The van der Waals surface area contributed by atoms with Gasteiger partial charge in [-0.1, -0.05) is 25.0 Å². The van der Waals surface area contributed by atoms with E-state index in [0.29, 0.717) is 145 Å². The van der Waals surface area contributed by atoms with E-state index in [9.17, 15) is 18.6 Å². The molecule has 0 saturated carbocycles. The molecule has 0 aromatic heterocycles. The normalized spacial score (nSPS) is 16.1. The van der Waals surface area contributed by atoms with Crippen molar-refractivity contribution >= 4 is 51.0 Å². The van der Waals surface area contributed by atoms with Crippen LogP contribution in [-0.4, -0.2) is 213 Å². The Morgan fingerprint density at radius 3 is 1.92 bits per heavy atom. The van der Waals surface area contributed by atoms with Crippen molar-refractivity contribution < 1.29 is 113 Å². The molecule has 6 N–H and O–H groups in total. The van der Waals surface area contributed by atoms with Gasteiger partial charge in [0.1, 0.15) is 41.7 Å². The minimum atomic E-state index is -1.90. The predicted molar refractivity (Wildman–Crippen MR) is 280 cm³/mol. The minimum Gasteiger partial charge on any atom is -0.810 e. The number of nitrogens with two attached hydrogens (primary N) is 1. The molecule has 425 valence electrons. The number of halogens is 3. The number of carbonyl (C=O) groups is 1. The zero-order valence-electron chi connectivity index (χ0n) is 42.8. The maximum absolute atomic E-state index is 13.6. The van der Waals surface area contributed by atoms with E-state index in [1.165, 1.54) is 29.8 Å². The molecule has 2 saturated heterocycles. The van der Waals surface area contributed by atoms with E-state index in [1.807, 2.05) is 12.1 Å². The van der Waals surface area contributed by atoms with E-state index in [4.69, 9.17) is 72.9 Å². The molecule has 0 bridgehead atoms. The topological polar surface area (TPSA) is 285 Å². The third kappa shape index (κ3) is 30.6. The van der Waals surface area contributed by atoms with Crippen LogP contribution in [0, 0.1) is 17.5 Å². The van der Waals surface area contributed by atoms with Crippen LogP contribution in [0.2, 0.25) is 0 Å². The maximum Gasteiger partial charge on any atom is 0.290 e. The first-order chi connectivity index (χ1) is 36.6. The molecule has 4 rings (SSSR count). The fraction of sp³-hybridized carbons (Fsp3) is 0.604. The Morgan fingerprint density at radius 1 is 0.842 bits per heavy atom. The first-order valence-electron chi connectivity index (χ1n) is 24.2. The van der Waals surface area contributed by atoms with Gasteiger partial charge in [-0.05, 0) is 55.1 Å². The number of aliphatic imine (C=N–C) groups is 1. The van der Waals surface area contributed by atoms with Crippen molar-refractivity contribution in [1.29, 1.82) is 0 Å². The Balaban J connectivity index is 0.00000482. The maximum atomic E-state index is 13.6. The number of carboxylic acid groups (broad SMARTS) is 1. The molecule has 2 aliphatic heterocycles. The van der Waals surface area contributed by atoms with Gasteiger partial charge in [-0.2, -0.15) is 16.4 Å². The summed E-state index contributed by atoms with van der Waals surface area (Å²) in [5.41, 5.74) is 5.24. The van der Waals surface area contributed by atoms with Crippen molar-refractivity contribution in [3.05, 3.63) is 87.1 Å². The second kappa shape index (κ2) is 44.4. The summed E-state index contributed by atoms with van der Waals surface area (Å²) in [4.78, 5) is 32.9. The first kappa shape index (κ1) is 68.7. The van der Waals surface area contributed by atoms with Gasteiger partial charge in [0, 0.05) is 68.8 Å². The summed E-state index contributed by atoms with van der Waals surface area (Å²) in [7, 11) is -0.216. The van der Waals surface area contributed by atoms with Gasteiger partial charge in [0.2, 0.25) is 0 Å². The molecule has 0 spiro atoms. The number of thioether (sulfide) groups is 1. The van der Waals surface area contributed by atoms with Crippen LogP contribution in [0.25, 0.3) is 10.7 Å². The summed E-state index contributed by atoms with van der Waals surface area (Å²) in [6.07, 6.45) is 5.49. The average Bonchev–Trinajstić information content (AvgIpc) is 3.83. The molecule has 0 amide bonds. The summed E-state index contributed by atoms with van der Waals surface area (Å²) in [5.74, 6) is 5.03. The summed E-state index contributed by atoms with van der Waals surface area (Å²) < 4.78 is 96.0. The van der Waals surface area contributed by atoms with Gasteiger partial charge in [-0.25, -0.2) is 13.2 Å². The van der Waals surface area contributed by atoms with E-state index in [1.54, 1.807) is 7.05 Å². The minimum absolute atomic E-state index is 0. The number of rotatable bonds is 42. The van der Waals surface area contributed by atoms with Crippen LogP contribution in [0.1, 0.15) is 29.9 Å². The fourth-order valence-electron chi connectivity index (χ4n) is 6.88. The van der Waals surface area contributed by atoms with Crippen LogP contribution in [0.15, 0.2) is 63.0 Å². The molecule has 2 unspecified atom stereocenters. The molecule has 28 heteroatoms. The van der Waals surface area contributed by atoms with Crippen LogP contribution in [-0.2, 0) is 86.6 Å². The van der Waals surface area contributed by atoms with E-state index in [0.717, 1.165) is 37.9 Å². The standard InChI is InChI=1S/C47H70F3N8O12PS.CH2O2.Y/c1-53-47(37(28-51)29-55-57-46-7-6-42(70-46)34-72-35-71(59)60)58-31-38(32-58)36-2-4-41(5-3-36)69-25-24-67-21-20-65-18-19-66-22-23-68-33-40(56-52)30-54-9-11-62-13-15-64-17-16-63-14-12-61-10-8-43-44(49)26-39(48)27-45(43)50;2-1-3;/h2-5,26-30,38,42,46,57,59-60H,6-25,31-35,52H2,1H3;1H,(H,2,3);/q-2;;/b47-37-,54-30?,55-29-,56-40+;;. The molecule has 2 fully saturated rings. The summed E-state index contributed by atoms with van der Waals surface area (Å²) in [6.45, 7) is 7.55. The molecule has 2 aromatic carbocycles. The first-order valence-corrected chi connectivity index (χ1v) is 26.8. The predicted octanol–water partition coefficient (Wildman–Crippen LogP) is 4.26. The fourth-order valence-corrected chi connectivity index (χ4v) is 8.46. The molecule has 2 aliphatic rings. The van der Waals surface area contributed by atoms with Gasteiger partial charge in [0.15, 0.2) is 8.38 Å². The van der Waals surface area contributed by atoms with Crippen molar-refractivity contribution in [1.82, 2.24) is 10.3 Å². The number of benzene rings is 2. The largest absolute Gasteiger partial charge is 0.810 e. The van der Waals surface area contributed by atoms with E-state index >= 15 is 0 Å². The van der Waals surface area contributed by atoms with Gasteiger partial charge in [0.05, 0.1) is 130 Å². The van der Waals surface area contributed by atoms with Crippen LogP contribution < -0.4 is 16.0 Å². The quantitative estimate of drug-likeness (QED) is 0.0155. The van der Waals surface area contributed by atoms with Crippen molar-refractivity contribution in [3.8, 4) is 5.75 Å². The number of hydrogen-bond donors (Lipinski definition) is 5. The van der Waals surface area contributed by atoms with Gasteiger partial charge in [-0.3, -0.25) is 15.2 Å². The Kier molecular flexibility index (Phi) is 40.1. The second-order valence-electron chi connectivity index (χ2n) is 15.9. The SMILES string of the molecule is C[N-]/C(=C(C=[N-])/C=N\NC1CCC(CSCP(O)O)O1)N1CC(c2ccc(OCCOCCOCCOCCOC/C(C=NCCOCCOCCOCCOCCc3c(F)cc(F)cc3F)=N/N)cc2)C1.O=CO.[Y]. The number of hydrogen-bond acceptors (Lipinski definition) is 20. The van der Waals surface area contributed by atoms with E-state index in [-0.39, 0.29) is 83.3 Å². The number of ether oxygens (including phenoxy) is 10. The van der Waals surface area contributed by atoms with Crippen LogP contribution in [0.5, 0.6) is 5.75 Å². The molecule has 2 heterocycles. The van der Waals surface area contributed by atoms with Gasteiger partial charge >= 0.3 is 0 Å². The Morgan fingerprint density at radius 2 is 1.38 bits per heavy atom. The number of nitrogens with one attached hydrogen (secondary N) is 1. The number of nitrogens with zero attached hydrogens (tertiary/aromatic N) is 6. The molecular formula is C48H72F3N8O14PSY-2. The van der Waals surface area contributed by atoms with Crippen LogP contribution in [0.4, 0.5) is 13.2 Å². The van der Waals surface area contributed by atoms with Crippen molar-refractivity contribution in [2.24, 2.45) is 21.0 Å². The van der Waals surface area contributed by atoms with Gasteiger partial charge in [-0.15, -0.1) is 11.8 Å². The van der Waals surface area contributed by atoms with Gasteiger partial charge in [0.25, 0.3) is 6.47 Å². The van der Waals surface area contributed by atoms with Crippen LogP contribution in [0.3, 0.4) is 0 Å². The Labute approximate surface area is 473 Å². The van der Waals surface area contributed by atoms with Gasteiger partial charge < -0.3 is 83.7 Å². The number of hydrazone groups is 2. The second-order valence-corrected chi connectivity index (χ2v) is 18.5. The molecule has 76 heavy (non-hydrogen) atoms. The zero-order valence-corrected chi connectivity index (χ0v) is 47.4. The molecule has 2 atom stereocenters.